The van der Waals surface area contributed by atoms with Crippen molar-refractivity contribution in [2.75, 3.05) is 12.9 Å². The summed E-state index contributed by atoms with van der Waals surface area (Å²) in [5.74, 6) is 0.283. The first kappa shape index (κ1) is 23.1. The van der Waals surface area contributed by atoms with E-state index in [2.05, 4.69) is 27.5 Å². The molecule has 2 N–H and O–H groups in total. The van der Waals surface area contributed by atoms with Crippen LogP contribution < -0.4 is 15.5 Å². The van der Waals surface area contributed by atoms with Crippen molar-refractivity contribution in [2.24, 2.45) is 0 Å². The van der Waals surface area contributed by atoms with Gasteiger partial charge in [0.15, 0.2) is 10.9 Å². The Morgan fingerprint density at radius 2 is 2.15 bits per heavy atom. The molecule has 3 heterocycles. The number of carbonyl (C=O) groups is 3. The summed E-state index contributed by atoms with van der Waals surface area (Å²) < 4.78 is 12.3. The molecule has 11 nitrogen and oxygen atoms in total. The molecular weight excluding hydrogens is 460 g/mol. The third-order valence-corrected chi connectivity index (χ3v) is 6.14. The van der Waals surface area contributed by atoms with Crippen molar-refractivity contribution in [3.63, 3.8) is 0 Å². The number of nitrogens with one attached hydrogen (secondary N) is 2. The van der Waals surface area contributed by atoms with Gasteiger partial charge in [-0.25, -0.2) is 4.79 Å². The van der Waals surface area contributed by atoms with Crippen molar-refractivity contribution in [3.05, 3.63) is 60.9 Å². The van der Waals surface area contributed by atoms with Crippen molar-refractivity contribution < 1.29 is 23.5 Å². The minimum absolute atomic E-state index is 0.111. The Kier molecular flexibility index (Phi) is 6.41. The smallest absolute Gasteiger partial charge is 0.344 e. The molecule has 12 heteroatoms. The monoisotopic (exact) mass is 482 g/mol. The van der Waals surface area contributed by atoms with Gasteiger partial charge in [-0.1, -0.05) is 30.0 Å². The summed E-state index contributed by atoms with van der Waals surface area (Å²) in [6, 6.07) is 9.55. The molecule has 4 rings (SSSR count). The quantitative estimate of drug-likeness (QED) is 0.270. The third kappa shape index (κ3) is 4.27. The predicted octanol–water partition coefficient (Wildman–Crippen LogP) is 2.32. The fourth-order valence-corrected chi connectivity index (χ4v) is 4.17. The van der Waals surface area contributed by atoms with E-state index in [1.165, 1.54) is 13.4 Å². The zero-order valence-electron chi connectivity index (χ0n) is 18.5. The average Bonchev–Trinajstić information content (AvgIpc) is 3.55. The molecule has 2 aromatic heterocycles. The number of aromatic nitrogens is 3. The molecule has 4 amide bonds. The Hall–Kier alpha value is -4.06. The number of benzene rings is 1. The fourth-order valence-electron chi connectivity index (χ4n) is 3.43. The van der Waals surface area contributed by atoms with Crippen LogP contribution in [0.4, 0.5) is 4.79 Å². The number of carbonyl (C=O) groups excluding carboxylic acids is 3. The van der Waals surface area contributed by atoms with Crippen molar-refractivity contribution in [3.8, 4) is 17.3 Å². The number of ether oxygens (including phenoxy) is 1. The van der Waals surface area contributed by atoms with Crippen LogP contribution in [0.15, 0.2) is 64.9 Å². The summed E-state index contributed by atoms with van der Waals surface area (Å²) in [6.07, 6.45) is 3.20. The second kappa shape index (κ2) is 9.43. The summed E-state index contributed by atoms with van der Waals surface area (Å²) in [4.78, 5) is 38.2. The number of hydrogen-bond acceptors (Lipinski definition) is 8. The number of rotatable bonds is 9. The number of hydrogen-bond donors (Lipinski definition) is 2. The molecule has 0 spiro atoms. The van der Waals surface area contributed by atoms with Crippen LogP contribution >= 0.6 is 11.8 Å². The number of hydrazine groups is 1. The number of urea groups is 1. The highest BCUT2D eigenvalue weighted by Gasteiger charge is 2.50. The summed E-state index contributed by atoms with van der Waals surface area (Å²) in [6.45, 7) is 5.70. The molecule has 1 aromatic carbocycles. The molecular formula is C22H22N6O5S. The number of furan rings is 1. The highest BCUT2D eigenvalue weighted by molar-refractivity contribution is 7.99. The minimum atomic E-state index is -1.35. The van der Waals surface area contributed by atoms with Gasteiger partial charge in [0.05, 0.1) is 19.1 Å². The lowest BCUT2D eigenvalue weighted by molar-refractivity contribution is -0.138. The molecule has 1 saturated heterocycles. The van der Waals surface area contributed by atoms with Crippen LogP contribution in [0.3, 0.4) is 0 Å². The van der Waals surface area contributed by atoms with E-state index < -0.39 is 23.4 Å². The van der Waals surface area contributed by atoms with Gasteiger partial charge >= 0.3 is 6.03 Å². The molecule has 3 aromatic rings. The molecule has 0 bridgehead atoms. The van der Waals surface area contributed by atoms with Gasteiger partial charge in [0.2, 0.25) is 11.7 Å². The van der Waals surface area contributed by atoms with Gasteiger partial charge in [-0.05, 0) is 36.8 Å². The van der Waals surface area contributed by atoms with Crippen LogP contribution in [-0.4, -0.2) is 50.5 Å². The molecule has 1 aliphatic rings. The van der Waals surface area contributed by atoms with E-state index in [4.69, 9.17) is 9.15 Å². The topological polar surface area (TPSA) is 132 Å². The summed E-state index contributed by atoms with van der Waals surface area (Å²) >= 11 is 1.10. The van der Waals surface area contributed by atoms with Crippen LogP contribution in [0.25, 0.3) is 11.6 Å². The zero-order chi connectivity index (χ0) is 24.3. The second-order valence-corrected chi connectivity index (χ2v) is 8.38. The highest BCUT2D eigenvalue weighted by Crippen LogP contribution is 2.30. The van der Waals surface area contributed by atoms with Crippen LogP contribution in [0, 0.1) is 0 Å². The molecule has 1 fully saturated rings. The van der Waals surface area contributed by atoms with E-state index in [1.807, 2.05) is 0 Å². The largest absolute Gasteiger partial charge is 0.497 e. The Balaban J connectivity index is 1.44. The van der Waals surface area contributed by atoms with E-state index in [-0.39, 0.29) is 5.75 Å². The molecule has 1 atom stereocenters. The number of methoxy groups -OCH3 is 1. The maximum Gasteiger partial charge on any atom is 0.344 e. The van der Waals surface area contributed by atoms with Gasteiger partial charge in [-0.15, -0.1) is 16.8 Å². The molecule has 1 aliphatic heterocycles. The SMILES string of the molecule is C=CCn1c(SCC(=O)NN2C(=O)N[C@](C)(c3cccc(OC)c3)C2=O)nnc1-c1ccco1. The van der Waals surface area contributed by atoms with Crippen LogP contribution in [0.5, 0.6) is 5.75 Å². The standard InChI is InChI=1S/C22H22N6O5S/c1-4-10-27-18(16-9-6-11-33-16)24-25-21(27)34-13-17(29)26-28-19(30)22(2,23-20(28)31)14-7-5-8-15(12-14)32-3/h4-9,11-12H,1,10,13H2,2-3H3,(H,23,31)(H,26,29)/t22-/m1/s1. The van der Waals surface area contributed by atoms with E-state index in [0.29, 0.717) is 39.6 Å². The summed E-state index contributed by atoms with van der Waals surface area (Å²) in [5, 5.41) is 12.0. The lowest BCUT2D eigenvalue weighted by atomic mass is 9.92. The Labute approximate surface area is 199 Å². The van der Waals surface area contributed by atoms with Crippen LogP contribution in [-0.2, 0) is 21.7 Å². The van der Waals surface area contributed by atoms with Gasteiger partial charge in [-0.3, -0.25) is 19.6 Å². The summed E-state index contributed by atoms with van der Waals surface area (Å²) in [7, 11) is 1.51. The van der Waals surface area contributed by atoms with E-state index >= 15 is 0 Å². The van der Waals surface area contributed by atoms with E-state index in [1.54, 1.807) is 54.0 Å². The number of allylic oxidation sites excluding steroid dienone is 1. The van der Waals surface area contributed by atoms with Crippen molar-refractivity contribution in [1.82, 2.24) is 30.5 Å². The van der Waals surface area contributed by atoms with Crippen LogP contribution in [0.2, 0.25) is 0 Å². The van der Waals surface area contributed by atoms with Gasteiger partial charge < -0.3 is 14.5 Å². The average molecular weight is 483 g/mol. The Bertz CT molecular complexity index is 1240. The zero-order valence-corrected chi connectivity index (χ0v) is 19.3. The summed E-state index contributed by atoms with van der Waals surface area (Å²) in [5.41, 5.74) is 1.55. The first-order valence-corrected chi connectivity index (χ1v) is 11.2. The predicted molar refractivity (Wildman–Crippen MR) is 123 cm³/mol. The minimum Gasteiger partial charge on any atom is -0.497 e. The molecule has 176 valence electrons. The van der Waals surface area contributed by atoms with E-state index in [9.17, 15) is 14.4 Å². The molecule has 0 unspecified atom stereocenters. The van der Waals surface area contributed by atoms with Crippen molar-refractivity contribution in [2.45, 2.75) is 24.2 Å². The van der Waals surface area contributed by atoms with Gasteiger partial charge in [-0.2, -0.15) is 5.01 Å². The molecule has 0 saturated carbocycles. The van der Waals surface area contributed by atoms with Gasteiger partial charge in [0.1, 0.15) is 11.3 Å². The number of nitrogens with zero attached hydrogens (tertiary/aromatic N) is 4. The fraction of sp³-hybridized carbons (Fsp3) is 0.227. The third-order valence-electron chi connectivity index (χ3n) is 5.18. The van der Waals surface area contributed by atoms with E-state index in [0.717, 1.165) is 11.8 Å². The molecule has 34 heavy (non-hydrogen) atoms. The maximum atomic E-state index is 13.1. The number of amides is 4. The first-order valence-electron chi connectivity index (χ1n) is 10.2. The highest BCUT2D eigenvalue weighted by atomic mass is 32.2. The molecule has 0 radical (unpaired) electrons. The maximum absolute atomic E-state index is 13.1. The number of imide groups is 1. The Morgan fingerprint density at radius 3 is 2.85 bits per heavy atom. The normalized spacial score (nSPS) is 17.5. The Morgan fingerprint density at radius 1 is 1.32 bits per heavy atom. The molecule has 0 aliphatic carbocycles. The van der Waals surface area contributed by atoms with Crippen molar-refractivity contribution >= 4 is 29.6 Å². The lowest BCUT2D eigenvalue weighted by Gasteiger charge is -2.22. The second-order valence-electron chi connectivity index (χ2n) is 7.43. The van der Waals surface area contributed by atoms with Crippen molar-refractivity contribution in [1.29, 1.82) is 0 Å². The van der Waals surface area contributed by atoms with Gasteiger partial charge in [0, 0.05) is 6.54 Å². The van der Waals surface area contributed by atoms with Gasteiger partial charge in [0.25, 0.3) is 5.91 Å². The lowest BCUT2D eigenvalue weighted by Crippen LogP contribution is -2.48. The number of thioether (sulfide) groups is 1. The van der Waals surface area contributed by atoms with Crippen LogP contribution in [0.1, 0.15) is 12.5 Å². The first-order chi connectivity index (χ1) is 16.4.